The third-order valence-corrected chi connectivity index (χ3v) is 3.51. The summed E-state index contributed by atoms with van der Waals surface area (Å²) in [6.07, 6.45) is 0.841. The van der Waals surface area contributed by atoms with Crippen molar-refractivity contribution in [2.24, 2.45) is 0 Å². The van der Waals surface area contributed by atoms with Gasteiger partial charge in [-0.1, -0.05) is 31.2 Å². The number of ether oxygens (including phenoxy) is 1. The van der Waals surface area contributed by atoms with Gasteiger partial charge in [-0.15, -0.1) is 0 Å². The highest BCUT2D eigenvalue weighted by Crippen LogP contribution is 2.23. The Morgan fingerprint density at radius 1 is 1.10 bits per heavy atom. The van der Waals surface area contributed by atoms with Crippen LogP contribution in [-0.4, -0.2) is 12.9 Å². The van der Waals surface area contributed by atoms with Gasteiger partial charge in [-0.05, 0) is 24.3 Å². The number of furan rings is 1. The second-order valence-corrected chi connectivity index (χ2v) is 4.88. The summed E-state index contributed by atoms with van der Waals surface area (Å²) < 4.78 is 10.9. The third-order valence-electron chi connectivity index (χ3n) is 3.51. The molecule has 2 aromatic carbocycles. The summed E-state index contributed by atoms with van der Waals surface area (Å²) in [5.41, 5.74) is 1.98. The van der Waals surface area contributed by atoms with Crippen LogP contribution in [0.2, 0.25) is 0 Å². The van der Waals surface area contributed by atoms with E-state index in [4.69, 9.17) is 9.15 Å². The van der Waals surface area contributed by atoms with E-state index in [1.165, 1.54) is 0 Å². The molecule has 0 saturated heterocycles. The summed E-state index contributed by atoms with van der Waals surface area (Å²) in [5.74, 6) is 1.56. The van der Waals surface area contributed by atoms with Crippen LogP contribution in [0.1, 0.15) is 28.6 Å². The van der Waals surface area contributed by atoms with Crippen molar-refractivity contribution in [3.63, 3.8) is 0 Å². The van der Waals surface area contributed by atoms with E-state index in [2.05, 4.69) is 0 Å². The molecule has 0 aliphatic rings. The largest absolute Gasteiger partial charge is 0.497 e. The Morgan fingerprint density at radius 2 is 1.90 bits per heavy atom. The predicted octanol–water partition coefficient (Wildman–Crippen LogP) is 4.23. The van der Waals surface area contributed by atoms with E-state index in [1.54, 1.807) is 25.3 Å². The van der Waals surface area contributed by atoms with E-state index in [9.17, 15) is 4.79 Å². The van der Waals surface area contributed by atoms with Gasteiger partial charge < -0.3 is 9.15 Å². The van der Waals surface area contributed by atoms with Crippen LogP contribution >= 0.6 is 0 Å². The quantitative estimate of drug-likeness (QED) is 0.671. The lowest BCUT2D eigenvalue weighted by Gasteiger charge is -2.04. The Kier molecular flexibility index (Phi) is 3.48. The van der Waals surface area contributed by atoms with Gasteiger partial charge in [0.05, 0.1) is 7.11 Å². The standard InChI is InChI=1S/C18H16O3/c1-3-15-9-12-7-8-14(11-17(12)21-15)18(19)13-5-4-6-16(10-13)20-2/h4-11H,3H2,1-2H3. The molecule has 0 unspecified atom stereocenters. The van der Waals surface area contributed by atoms with Crippen LogP contribution < -0.4 is 4.74 Å². The van der Waals surface area contributed by atoms with Crippen molar-refractivity contribution in [2.75, 3.05) is 7.11 Å². The van der Waals surface area contributed by atoms with Crippen LogP contribution in [0, 0.1) is 0 Å². The average molecular weight is 280 g/mol. The number of hydrogen-bond donors (Lipinski definition) is 0. The van der Waals surface area contributed by atoms with Crippen molar-refractivity contribution >= 4 is 16.8 Å². The Balaban J connectivity index is 2.00. The van der Waals surface area contributed by atoms with E-state index in [-0.39, 0.29) is 5.78 Å². The molecule has 0 atom stereocenters. The Hall–Kier alpha value is -2.55. The smallest absolute Gasteiger partial charge is 0.193 e. The summed E-state index contributed by atoms with van der Waals surface area (Å²) in [7, 11) is 1.59. The highest BCUT2D eigenvalue weighted by Gasteiger charge is 2.12. The minimum atomic E-state index is -0.0368. The van der Waals surface area contributed by atoms with Crippen LogP contribution in [-0.2, 0) is 6.42 Å². The highest BCUT2D eigenvalue weighted by atomic mass is 16.5. The number of hydrogen-bond acceptors (Lipinski definition) is 3. The first kappa shape index (κ1) is 13.4. The van der Waals surface area contributed by atoms with Crippen molar-refractivity contribution in [2.45, 2.75) is 13.3 Å². The maximum absolute atomic E-state index is 12.5. The van der Waals surface area contributed by atoms with Crippen molar-refractivity contribution in [1.29, 1.82) is 0 Å². The number of methoxy groups -OCH3 is 1. The van der Waals surface area contributed by atoms with Crippen molar-refractivity contribution in [1.82, 2.24) is 0 Å². The second-order valence-electron chi connectivity index (χ2n) is 4.88. The van der Waals surface area contributed by atoms with E-state index >= 15 is 0 Å². The number of rotatable bonds is 4. The molecule has 21 heavy (non-hydrogen) atoms. The summed E-state index contributed by atoms with van der Waals surface area (Å²) >= 11 is 0. The van der Waals surface area contributed by atoms with Gasteiger partial charge >= 0.3 is 0 Å². The molecule has 0 fully saturated rings. The van der Waals surface area contributed by atoms with Gasteiger partial charge in [-0.2, -0.15) is 0 Å². The first-order valence-electron chi connectivity index (χ1n) is 6.92. The molecule has 0 bridgehead atoms. The number of aryl methyl sites for hydroxylation is 1. The second kappa shape index (κ2) is 5.44. The van der Waals surface area contributed by atoms with Crippen LogP contribution in [0.15, 0.2) is 52.9 Å². The van der Waals surface area contributed by atoms with Gasteiger partial charge in [0.1, 0.15) is 17.1 Å². The lowest BCUT2D eigenvalue weighted by molar-refractivity contribution is 0.103. The zero-order valence-electron chi connectivity index (χ0n) is 12.1. The molecule has 0 amide bonds. The van der Waals surface area contributed by atoms with Crippen LogP contribution in [0.4, 0.5) is 0 Å². The molecule has 3 rings (SSSR count). The zero-order chi connectivity index (χ0) is 14.8. The first-order valence-corrected chi connectivity index (χ1v) is 6.92. The van der Waals surface area contributed by atoms with Crippen molar-refractivity contribution in [3.8, 4) is 5.75 Å². The number of ketones is 1. The van der Waals surface area contributed by atoms with Crippen LogP contribution in [0.25, 0.3) is 11.0 Å². The molecule has 3 heteroatoms. The summed E-state index contributed by atoms with van der Waals surface area (Å²) in [5, 5.41) is 1.02. The lowest BCUT2D eigenvalue weighted by Crippen LogP contribution is -2.01. The molecule has 0 radical (unpaired) electrons. The fourth-order valence-electron chi connectivity index (χ4n) is 2.33. The molecule has 1 heterocycles. The molecule has 0 aliphatic heterocycles. The van der Waals surface area contributed by atoms with Gasteiger partial charge in [0.25, 0.3) is 0 Å². The van der Waals surface area contributed by atoms with Gasteiger partial charge in [0.2, 0.25) is 0 Å². The van der Waals surface area contributed by atoms with Crippen molar-refractivity contribution < 1.29 is 13.9 Å². The topological polar surface area (TPSA) is 39.4 Å². The number of carbonyl (C=O) groups excluding carboxylic acids is 1. The van der Waals surface area contributed by atoms with E-state index < -0.39 is 0 Å². The lowest BCUT2D eigenvalue weighted by atomic mass is 10.0. The van der Waals surface area contributed by atoms with E-state index in [0.717, 1.165) is 23.2 Å². The van der Waals surface area contributed by atoms with Gasteiger partial charge in [-0.3, -0.25) is 4.79 Å². The molecule has 0 aliphatic carbocycles. The van der Waals surface area contributed by atoms with Gasteiger partial charge in [0, 0.05) is 22.9 Å². The molecule has 1 aromatic heterocycles. The average Bonchev–Trinajstić information content (AvgIpc) is 2.96. The minimum absolute atomic E-state index is 0.0368. The van der Waals surface area contributed by atoms with E-state index in [0.29, 0.717) is 16.9 Å². The molecule has 3 aromatic rings. The fourth-order valence-corrected chi connectivity index (χ4v) is 2.33. The van der Waals surface area contributed by atoms with E-state index in [1.807, 2.05) is 37.3 Å². The zero-order valence-corrected chi connectivity index (χ0v) is 12.1. The Bertz CT molecular complexity index is 799. The number of fused-ring (bicyclic) bond motifs is 1. The van der Waals surface area contributed by atoms with Crippen LogP contribution in [0.3, 0.4) is 0 Å². The molecule has 3 nitrogen and oxygen atoms in total. The summed E-state index contributed by atoms with van der Waals surface area (Å²) in [4.78, 5) is 12.5. The monoisotopic (exact) mass is 280 g/mol. The van der Waals surface area contributed by atoms with Gasteiger partial charge in [0.15, 0.2) is 5.78 Å². The normalized spacial score (nSPS) is 10.8. The summed E-state index contributed by atoms with van der Waals surface area (Å²) in [6.45, 7) is 2.04. The fraction of sp³-hybridized carbons (Fsp3) is 0.167. The maximum atomic E-state index is 12.5. The molecule has 0 spiro atoms. The number of carbonyl (C=O) groups is 1. The highest BCUT2D eigenvalue weighted by molar-refractivity contribution is 6.10. The maximum Gasteiger partial charge on any atom is 0.193 e. The van der Waals surface area contributed by atoms with Gasteiger partial charge in [-0.25, -0.2) is 0 Å². The predicted molar refractivity (Wildman–Crippen MR) is 82.0 cm³/mol. The summed E-state index contributed by atoms with van der Waals surface area (Å²) in [6, 6.07) is 14.7. The number of benzene rings is 2. The molecular weight excluding hydrogens is 264 g/mol. The minimum Gasteiger partial charge on any atom is -0.497 e. The Morgan fingerprint density at radius 3 is 2.67 bits per heavy atom. The SMILES string of the molecule is CCc1cc2ccc(C(=O)c3cccc(OC)c3)cc2o1. The Labute approximate surface area is 123 Å². The first-order chi connectivity index (χ1) is 10.2. The van der Waals surface area contributed by atoms with Crippen molar-refractivity contribution in [3.05, 3.63) is 65.4 Å². The van der Waals surface area contributed by atoms with Crippen LogP contribution in [0.5, 0.6) is 5.75 Å². The molecule has 106 valence electrons. The molecular formula is C18H16O3. The molecule has 0 N–H and O–H groups in total. The third kappa shape index (κ3) is 2.55. The molecule has 0 saturated carbocycles.